The minimum absolute atomic E-state index is 0.00727. The van der Waals surface area contributed by atoms with Gasteiger partial charge in [-0.1, -0.05) is 65.7 Å². The number of methoxy groups -OCH3 is 2. The van der Waals surface area contributed by atoms with Crippen molar-refractivity contribution in [2.45, 2.75) is 74.4 Å². The van der Waals surface area contributed by atoms with Crippen molar-refractivity contribution in [1.82, 2.24) is 4.31 Å². The Labute approximate surface area is 355 Å². The normalized spacial score (nSPS) is 19.1. The molecule has 0 unspecified atom stereocenters. The van der Waals surface area contributed by atoms with Crippen LogP contribution in [0.2, 0.25) is 0 Å². The Balaban J connectivity index is 1.31. The first-order chi connectivity index (χ1) is 28.9. The summed E-state index contributed by atoms with van der Waals surface area (Å²) in [6, 6.07) is 27.1. The molecule has 1 fully saturated rings. The molecular weight excluding hydrogens is 809 g/mol. The van der Waals surface area contributed by atoms with Gasteiger partial charge in [-0.25, -0.2) is 8.42 Å². The van der Waals surface area contributed by atoms with Gasteiger partial charge < -0.3 is 33.3 Å². The number of anilines is 1. The summed E-state index contributed by atoms with van der Waals surface area (Å²) >= 11 is 0. The van der Waals surface area contributed by atoms with E-state index in [0.29, 0.717) is 33.0 Å². The maximum atomic E-state index is 14.4. The zero-order valence-corrected chi connectivity index (χ0v) is 36.8. The van der Waals surface area contributed by atoms with Gasteiger partial charge in [-0.15, -0.1) is 0 Å². The molecule has 0 N–H and O–H groups in total. The third-order valence-corrected chi connectivity index (χ3v) is 13.9. The lowest BCUT2D eigenvalue weighted by Gasteiger charge is -2.43. The fourth-order valence-corrected chi connectivity index (χ4v) is 9.95. The molecule has 4 aromatic rings. The number of nitrogens with zero attached hydrogens (tertiary/aromatic N) is 2. The predicted octanol–water partition coefficient (Wildman–Crippen LogP) is 6.25. The molecule has 0 aliphatic carbocycles. The van der Waals surface area contributed by atoms with Gasteiger partial charge in [0.05, 0.1) is 73.4 Å². The number of fused-ring (bicyclic) bond motifs is 1. The number of sulfonamides is 1. The van der Waals surface area contributed by atoms with Crippen LogP contribution >= 0.6 is 0 Å². The van der Waals surface area contributed by atoms with E-state index < -0.39 is 44.4 Å². The third-order valence-electron chi connectivity index (χ3n) is 10.7. The van der Waals surface area contributed by atoms with Crippen LogP contribution in [0.5, 0.6) is 5.75 Å². The van der Waals surface area contributed by atoms with E-state index in [4.69, 9.17) is 32.6 Å². The molecule has 4 aromatic carbocycles. The van der Waals surface area contributed by atoms with E-state index in [0.717, 1.165) is 58.8 Å². The summed E-state index contributed by atoms with van der Waals surface area (Å²) < 4.78 is 97.8. The van der Waals surface area contributed by atoms with Crippen LogP contribution in [0.3, 0.4) is 0 Å². The highest BCUT2D eigenvalue weighted by Crippen LogP contribution is 2.38. The molecule has 4 atom stereocenters. The van der Waals surface area contributed by atoms with Gasteiger partial charge in [0.1, 0.15) is 12.4 Å². The summed E-state index contributed by atoms with van der Waals surface area (Å²) in [6.45, 7) is 9.63. The number of ether oxygens (including phenoxy) is 6. The quantitative estimate of drug-likeness (QED) is 0.0691. The van der Waals surface area contributed by atoms with Crippen molar-refractivity contribution >= 4 is 25.8 Å². The van der Waals surface area contributed by atoms with Crippen LogP contribution in [0.1, 0.15) is 47.1 Å². The van der Waals surface area contributed by atoms with Crippen molar-refractivity contribution in [3.63, 3.8) is 0 Å². The molecule has 1 saturated heterocycles. The van der Waals surface area contributed by atoms with E-state index in [1.165, 1.54) is 16.4 Å². The van der Waals surface area contributed by atoms with Gasteiger partial charge in [0.2, 0.25) is 10.0 Å². The van der Waals surface area contributed by atoms with E-state index in [9.17, 15) is 16.8 Å². The number of rotatable bonds is 21. The zero-order chi connectivity index (χ0) is 42.7. The number of hydrogen-bond donors (Lipinski definition) is 0. The van der Waals surface area contributed by atoms with Crippen LogP contribution in [-0.4, -0.2) is 113 Å². The summed E-state index contributed by atoms with van der Waals surface area (Å²) in [6.07, 6.45) is -1.46. The van der Waals surface area contributed by atoms with Crippen LogP contribution in [0.4, 0.5) is 5.69 Å². The minimum Gasteiger partial charge on any atom is -0.490 e. The highest BCUT2D eigenvalue weighted by Gasteiger charge is 2.44. The Morgan fingerprint density at radius 1 is 0.733 bits per heavy atom. The van der Waals surface area contributed by atoms with E-state index in [1.54, 1.807) is 57.5 Å². The predicted molar refractivity (Wildman–Crippen MR) is 229 cm³/mol. The summed E-state index contributed by atoms with van der Waals surface area (Å²) in [7, 11) is -4.78. The van der Waals surface area contributed by atoms with Crippen LogP contribution < -0.4 is 9.64 Å². The van der Waals surface area contributed by atoms with E-state index in [1.807, 2.05) is 50.2 Å². The highest BCUT2D eigenvalue weighted by atomic mass is 32.2. The van der Waals surface area contributed by atoms with Crippen molar-refractivity contribution in [1.29, 1.82) is 0 Å². The molecule has 0 saturated carbocycles. The summed E-state index contributed by atoms with van der Waals surface area (Å²) in [5.74, 6) is 0.346. The second-order valence-electron chi connectivity index (χ2n) is 15.3. The Hall–Kier alpha value is -3.90. The van der Waals surface area contributed by atoms with Crippen molar-refractivity contribution < 1.29 is 49.4 Å². The molecule has 13 nitrogen and oxygen atoms in total. The topological polar surface area (TPSA) is 139 Å². The Morgan fingerprint density at radius 3 is 2.03 bits per heavy atom. The highest BCUT2D eigenvalue weighted by molar-refractivity contribution is 7.89. The lowest BCUT2D eigenvalue weighted by atomic mass is 9.85. The maximum Gasteiger partial charge on any atom is 0.297 e. The van der Waals surface area contributed by atoms with Gasteiger partial charge in [-0.3, -0.25) is 4.18 Å². The second kappa shape index (κ2) is 21.3. The summed E-state index contributed by atoms with van der Waals surface area (Å²) in [5, 5.41) is 0. The molecule has 0 radical (unpaired) electrons. The van der Waals surface area contributed by atoms with Gasteiger partial charge >= 0.3 is 0 Å². The molecule has 2 aliphatic heterocycles. The van der Waals surface area contributed by atoms with Gasteiger partial charge in [0.15, 0.2) is 0 Å². The van der Waals surface area contributed by atoms with Crippen molar-refractivity contribution in [2.24, 2.45) is 0 Å². The van der Waals surface area contributed by atoms with Crippen molar-refractivity contribution in [3.05, 3.63) is 119 Å². The molecule has 6 rings (SSSR count). The second-order valence-corrected chi connectivity index (χ2v) is 18.8. The zero-order valence-electron chi connectivity index (χ0n) is 35.2. The van der Waals surface area contributed by atoms with Crippen LogP contribution in [0.25, 0.3) is 0 Å². The Bertz CT molecular complexity index is 2190. The third kappa shape index (κ3) is 11.9. The Kier molecular flexibility index (Phi) is 16.2. The number of aryl methyl sites for hydroxylation is 2. The standard InChI is InChI=1S/C45H58N2O11S2/c1-33-7-16-39(17-8-33)59(48,49)47-28-43(56-30-35(3)58-60(50,51)40-18-9-34(2)10-19-40)45(38-14-11-36(12-15-38)31-54-26-25-53-5)44(29-47)57-32-37-13-20-42-41(27-37)46(22-24-55-42)21-6-23-52-4/h7-20,27,35,43-45H,6,21-26,28-32H2,1-5H3/t35-,43+,44-,45-/m0/s1. The van der Waals surface area contributed by atoms with Crippen LogP contribution in [0.15, 0.2) is 101 Å². The number of piperidine rings is 1. The SMILES string of the molecule is COCCCN1CCOc2ccc(CO[C@H]3CN(S(=O)(=O)c4ccc(C)cc4)C[C@@H](OC[C@H](C)OS(=O)(=O)c4ccc(C)cc4)[C@@H]3c3ccc(COCCOC)cc3)cc21. The fraction of sp³-hybridized carbons (Fsp3) is 0.467. The monoisotopic (exact) mass is 866 g/mol. The minimum atomic E-state index is -4.10. The van der Waals surface area contributed by atoms with Gasteiger partial charge in [0.25, 0.3) is 10.1 Å². The van der Waals surface area contributed by atoms with E-state index >= 15 is 0 Å². The maximum absolute atomic E-state index is 14.4. The number of benzene rings is 4. The van der Waals surface area contributed by atoms with Crippen molar-refractivity contribution in [2.75, 3.05) is 78.3 Å². The molecule has 60 heavy (non-hydrogen) atoms. The first kappa shape index (κ1) is 45.6. The molecule has 2 heterocycles. The molecule has 326 valence electrons. The smallest absolute Gasteiger partial charge is 0.297 e. The fourth-order valence-electron chi connectivity index (χ4n) is 7.42. The van der Waals surface area contributed by atoms with E-state index in [-0.39, 0.29) is 36.1 Å². The molecule has 2 aliphatic rings. The molecule has 0 bridgehead atoms. The lowest BCUT2D eigenvalue weighted by molar-refractivity contribution is -0.0890. The largest absolute Gasteiger partial charge is 0.490 e. The average molecular weight is 867 g/mol. The summed E-state index contributed by atoms with van der Waals surface area (Å²) in [5.41, 5.74) is 5.56. The molecule has 0 aromatic heterocycles. The van der Waals surface area contributed by atoms with Crippen molar-refractivity contribution in [3.8, 4) is 5.75 Å². The van der Waals surface area contributed by atoms with Crippen LogP contribution in [0, 0.1) is 13.8 Å². The number of hydrogen-bond acceptors (Lipinski definition) is 12. The molecule has 0 spiro atoms. The molecule has 0 amide bonds. The van der Waals surface area contributed by atoms with Crippen LogP contribution in [-0.2, 0) is 61.2 Å². The molecular formula is C45H58N2O11S2. The van der Waals surface area contributed by atoms with Gasteiger partial charge in [0, 0.05) is 46.4 Å². The molecule has 15 heteroatoms. The summed E-state index contributed by atoms with van der Waals surface area (Å²) in [4.78, 5) is 2.48. The first-order valence-corrected chi connectivity index (χ1v) is 23.2. The van der Waals surface area contributed by atoms with Gasteiger partial charge in [-0.05, 0) is 80.3 Å². The van der Waals surface area contributed by atoms with E-state index in [2.05, 4.69) is 11.0 Å². The lowest BCUT2D eigenvalue weighted by Crippen LogP contribution is -2.54. The average Bonchev–Trinajstić information content (AvgIpc) is 3.24. The van der Waals surface area contributed by atoms with Gasteiger partial charge in [-0.2, -0.15) is 12.7 Å². The first-order valence-electron chi connectivity index (χ1n) is 20.3. The Morgan fingerprint density at radius 2 is 1.37 bits per heavy atom.